The van der Waals surface area contributed by atoms with Crippen molar-refractivity contribution in [2.24, 2.45) is 0 Å². The molecule has 0 amide bonds. The van der Waals surface area contributed by atoms with Crippen LogP contribution in [-0.2, 0) is 6.18 Å². The molecule has 21 heavy (non-hydrogen) atoms. The van der Waals surface area contributed by atoms with Gasteiger partial charge in [-0.15, -0.1) is 10.2 Å². The molecule has 2 N–H and O–H groups in total. The summed E-state index contributed by atoms with van der Waals surface area (Å²) in [7, 11) is 0. The summed E-state index contributed by atoms with van der Waals surface area (Å²) in [5.41, 5.74) is 5.36. The van der Waals surface area contributed by atoms with E-state index in [4.69, 9.17) is 5.73 Å². The van der Waals surface area contributed by atoms with E-state index in [1.807, 2.05) is 0 Å². The van der Waals surface area contributed by atoms with Crippen LogP contribution < -0.4 is 5.73 Å². The molecule has 0 radical (unpaired) electrons. The van der Waals surface area contributed by atoms with Crippen LogP contribution in [0.25, 0.3) is 5.65 Å². The summed E-state index contributed by atoms with van der Waals surface area (Å²) in [6.45, 7) is 0. The molecule has 3 aromatic rings. The first-order valence-electron chi connectivity index (χ1n) is 5.76. The van der Waals surface area contributed by atoms with Gasteiger partial charge in [-0.25, -0.2) is 0 Å². The quantitative estimate of drug-likeness (QED) is 0.788. The minimum absolute atomic E-state index is 0.122. The average Bonchev–Trinajstić information content (AvgIpc) is 2.80. The molecule has 2 heterocycles. The molecule has 0 bridgehead atoms. The first-order chi connectivity index (χ1) is 9.93. The van der Waals surface area contributed by atoms with Crippen LogP contribution in [0.2, 0.25) is 0 Å². The van der Waals surface area contributed by atoms with Crippen molar-refractivity contribution in [2.45, 2.75) is 16.1 Å². The summed E-state index contributed by atoms with van der Waals surface area (Å²) >= 11 is 1.10. The topological polar surface area (TPSA) is 69.1 Å². The number of fused-ring (bicyclic) bond motifs is 1. The van der Waals surface area contributed by atoms with E-state index in [2.05, 4.69) is 15.3 Å². The normalized spacial score (nSPS) is 12.0. The minimum atomic E-state index is -4.37. The number of rotatable bonds is 2. The SMILES string of the molecule is Nc1nnc2ccc(Sc3cccc(C(F)(F)F)c3)nn12. The lowest BCUT2D eigenvalue weighted by molar-refractivity contribution is -0.137. The maximum Gasteiger partial charge on any atom is 0.416 e. The number of benzene rings is 1. The number of alkyl halides is 3. The van der Waals surface area contributed by atoms with Crippen LogP contribution in [0.1, 0.15) is 5.56 Å². The molecule has 0 saturated heterocycles. The zero-order valence-corrected chi connectivity index (χ0v) is 11.2. The van der Waals surface area contributed by atoms with E-state index in [9.17, 15) is 13.2 Å². The number of anilines is 1. The van der Waals surface area contributed by atoms with Crippen LogP contribution in [0.15, 0.2) is 46.3 Å². The Hall–Kier alpha value is -2.29. The Labute approximate surface area is 121 Å². The van der Waals surface area contributed by atoms with Crippen molar-refractivity contribution in [1.82, 2.24) is 19.8 Å². The first kappa shape index (κ1) is 13.7. The van der Waals surface area contributed by atoms with Gasteiger partial charge in [-0.1, -0.05) is 17.8 Å². The van der Waals surface area contributed by atoms with E-state index in [0.717, 1.165) is 23.9 Å². The molecule has 1 aromatic carbocycles. The molecule has 2 aromatic heterocycles. The van der Waals surface area contributed by atoms with E-state index in [-0.39, 0.29) is 5.95 Å². The summed E-state index contributed by atoms with van der Waals surface area (Å²) in [6, 6.07) is 8.34. The highest BCUT2D eigenvalue weighted by Gasteiger charge is 2.30. The smallest absolute Gasteiger partial charge is 0.366 e. The Morgan fingerprint density at radius 2 is 1.90 bits per heavy atom. The lowest BCUT2D eigenvalue weighted by Crippen LogP contribution is -2.04. The molecule has 0 unspecified atom stereocenters. The van der Waals surface area contributed by atoms with Crippen LogP contribution in [0.5, 0.6) is 0 Å². The molecule has 0 aliphatic carbocycles. The molecule has 108 valence electrons. The number of hydrogen-bond donors (Lipinski definition) is 1. The molecule has 3 rings (SSSR count). The van der Waals surface area contributed by atoms with Gasteiger partial charge in [0.1, 0.15) is 5.03 Å². The number of halogens is 3. The van der Waals surface area contributed by atoms with Crippen molar-refractivity contribution >= 4 is 23.4 Å². The summed E-state index contributed by atoms with van der Waals surface area (Å²) in [6.07, 6.45) is -4.37. The predicted molar refractivity (Wildman–Crippen MR) is 70.8 cm³/mol. The maximum atomic E-state index is 12.7. The molecule has 0 aliphatic heterocycles. The van der Waals surface area contributed by atoms with Gasteiger partial charge in [-0.2, -0.15) is 22.8 Å². The summed E-state index contributed by atoms with van der Waals surface area (Å²) in [5, 5.41) is 12.1. The molecule has 0 fully saturated rings. The number of hydrogen-bond acceptors (Lipinski definition) is 5. The Balaban J connectivity index is 1.93. The predicted octanol–water partition coefficient (Wildman–Crippen LogP) is 2.88. The number of nitrogens with zero attached hydrogens (tertiary/aromatic N) is 4. The maximum absolute atomic E-state index is 12.7. The zero-order chi connectivity index (χ0) is 15.0. The van der Waals surface area contributed by atoms with Gasteiger partial charge in [-0.05, 0) is 30.3 Å². The largest absolute Gasteiger partial charge is 0.416 e. The van der Waals surface area contributed by atoms with Crippen LogP contribution in [0, 0.1) is 0 Å². The molecular weight excluding hydrogens is 303 g/mol. The van der Waals surface area contributed by atoms with Crippen LogP contribution in [0.3, 0.4) is 0 Å². The van der Waals surface area contributed by atoms with Gasteiger partial charge in [0.15, 0.2) is 5.65 Å². The van der Waals surface area contributed by atoms with Gasteiger partial charge in [0, 0.05) is 4.90 Å². The second-order valence-corrected chi connectivity index (χ2v) is 5.22. The molecule has 0 atom stereocenters. The molecule has 9 heteroatoms. The van der Waals surface area contributed by atoms with Gasteiger partial charge in [0.25, 0.3) is 0 Å². The lowest BCUT2D eigenvalue weighted by atomic mass is 10.2. The Morgan fingerprint density at radius 1 is 1.10 bits per heavy atom. The van der Waals surface area contributed by atoms with Gasteiger partial charge in [-0.3, -0.25) is 0 Å². The van der Waals surface area contributed by atoms with E-state index < -0.39 is 11.7 Å². The van der Waals surface area contributed by atoms with Crippen molar-refractivity contribution in [3.63, 3.8) is 0 Å². The fourth-order valence-corrected chi connectivity index (χ4v) is 2.53. The van der Waals surface area contributed by atoms with E-state index in [1.54, 1.807) is 18.2 Å². The van der Waals surface area contributed by atoms with E-state index in [0.29, 0.717) is 15.6 Å². The highest BCUT2D eigenvalue weighted by atomic mass is 32.2. The highest BCUT2D eigenvalue weighted by molar-refractivity contribution is 7.99. The second-order valence-electron chi connectivity index (χ2n) is 4.13. The number of aromatic nitrogens is 4. The Morgan fingerprint density at radius 3 is 2.67 bits per heavy atom. The zero-order valence-electron chi connectivity index (χ0n) is 10.4. The summed E-state index contributed by atoms with van der Waals surface area (Å²) in [4.78, 5) is 0.434. The van der Waals surface area contributed by atoms with Gasteiger partial charge in [0.05, 0.1) is 5.56 Å². The van der Waals surface area contributed by atoms with E-state index in [1.165, 1.54) is 10.6 Å². The Bertz CT molecular complexity index is 799. The monoisotopic (exact) mass is 311 g/mol. The first-order valence-corrected chi connectivity index (χ1v) is 6.58. The van der Waals surface area contributed by atoms with Crippen LogP contribution >= 0.6 is 11.8 Å². The van der Waals surface area contributed by atoms with Crippen molar-refractivity contribution in [3.05, 3.63) is 42.0 Å². The molecule has 0 saturated carbocycles. The third kappa shape index (κ3) is 2.77. The number of nitrogens with two attached hydrogens (primary N) is 1. The average molecular weight is 311 g/mol. The third-order valence-electron chi connectivity index (χ3n) is 2.65. The van der Waals surface area contributed by atoms with Crippen molar-refractivity contribution in [3.8, 4) is 0 Å². The Kier molecular flexibility index (Phi) is 3.20. The fourth-order valence-electron chi connectivity index (χ4n) is 1.70. The molecule has 0 aliphatic rings. The lowest BCUT2D eigenvalue weighted by Gasteiger charge is -2.08. The third-order valence-corrected chi connectivity index (χ3v) is 3.56. The minimum Gasteiger partial charge on any atom is -0.366 e. The fraction of sp³-hybridized carbons (Fsp3) is 0.0833. The van der Waals surface area contributed by atoms with Crippen molar-refractivity contribution in [1.29, 1.82) is 0 Å². The summed E-state index contributed by atoms with van der Waals surface area (Å²) in [5.74, 6) is 0.122. The van der Waals surface area contributed by atoms with Crippen molar-refractivity contribution in [2.75, 3.05) is 5.73 Å². The second kappa shape index (κ2) is 4.92. The van der Waals surface area contributed by atoms with Crippen molar-refractivity contribution < 1.29 is 13.2 Å². The summed E-state index contributed by atoms with van der Waals surface area (Å²) < 4.78 is 39.3. The van der Waals surface area contributed by atoms with Gasteiger partial charge >= 0.3 is 6.18 Å². The highest BCUT2D eigenvalue weighted by Crippen LogP contribution is 2.33. The number of nitrogen functional groups attached to an aromatic ring is 1. The van der Waals surface area contributed by atoms with Gasteiger partial charge in [0.2, 0.25) is 5.95 Å². The standard InChI is InChI=1S/C12H8F3N5S/c13-12(14,15)7-2-1-3-8(6-7)21-10-5-4-9-17-18-11(16)20(9)19-10/h1-6H,(H2,16,18). The molecule has 5 nitrogen and oxygen atoms in total. The van der Waals surface area contributed by atoms with Crippen LogP contribution in [-0.4, -0.2) is 19.8 Å². The van der Waals surface area contributed by atoms with Crippen LogP contribution in [0.4, 0.5) is 19.1 Å². The van der Waals surface area contributed by atoms with Gasteiger partial charge < -0.3 is 5.73 Å². The molecule has 0 spiro atoms. The molecular formula is C12H8F3N5S. The van der Waals surface area contributed by atoms with E-state index >= 15 is 0 Å².